The number of nitrogens with zero attached hydrogens (tertiary/aromatic N) is 1. The molecule has 1 aliphatic heterocycles. The van der Waals surface area contributed by atoms with E-state index in [4.69, 9.17) is 4.74 Å². The molecule has 3 rings (SSSR count). The van der Waals surface area contributed by atoms with E-state index in [1.807, 2.05) is 0 Å². The van der Waals surface area contributed by atoms with E-state index >= 15 is 0 Å². The van der Waals surface area contributed by atoms with Gasteiger partial charge in [-0.1, -0.05) is 18.2 Å². The number of aliphatic hydroxyl groups excluding tert-OH is 1. The van der Waals surface area contributed by atoms with E-state index in [2.05, 4.69) is 15.9 Å². The highest BCUT2D eigenvalue weighted by atomic mass is 79.9. The van der Waals surface area contributed by atoms with Crippen molar-refractivity contribution in [3.8, 4) is 0 Å². The molecule has 0 aromatic heterocycles. The topological polar surface area (TPSA) is 89.7 Å². The minimum absolute atomic E-state index is 0.0887. The zero-order valence-electron chi connectivity index (χ0n) is 9.29. The highest BCUT2D eigenvalue weighted by Crippen LogP contribution is 2.41. The van der Waals surface area contributed by atoms with Gasteiger partial charge in [0.05, 0.1) is 10.5 Å². The number of hydrogen-bond acceptors (Lipinski definition) is 5. The number of cyclic esters (lactones) is 1. The molecule has 19 heavy (non-hydrogen) atoms. The predicted molar refractivity (Wildman–Crippen MR) is 68.7 cm³/mol. The molecule has 0 saturated heterocycles. The average molecular weight is 324 g/mol. The summed E-state index contributed by atoms with van der Waals surface area (Å²) in [6.07, 6.45) is -1.35. The van der Waals surface area contributed by atoms with Crippen LogP contribution in [0, 0.1) is 10.1 Å². The van der Waals surface area contributed by atoms with Gasteiger partial charge in [-0.2, -0.15) is 0 Å². The van der Waals surface area contributed by atoms with Gasteiger partial charge in [0.2, 0.25) is 6.29 Å². The van der Waals surface area contributed by atoms with Gasteiger partial charge in [-0.05, 0) is 15.9 Å². The van der Waals surface area contributed by atoms with Gasteiger partial charge in [0.1, 0.15) is 4.47 Å². The Labute approximate surface area is 114 Å². The maximum Gasteiger partial charge on any atom is 0.341 e. The maximum atomic E-state index is 11.7. The molecule has 2 aromatic rings. The number of halogens is 1. The standard InChI is InChI=1S/C12H6BrNO5/c13-10-5-2-1-3-6-9(5)7(4-8(10)14(17)18)12(16)19-11(6)15/h1-4,11,15H. The summed E-state index contributed by atoms with van der Waals surface area (Å²) < 4.78 is 5.03. The number of nitro groups is 1. The third-order valence-corrected chi connectivity index (χ3v) is 3.84. The van der Waals surface area contributed by atoms with Crippen LogP contribution < -0.4 is 0 Å². The molecule has 96 valence electrons. The molecule has 7 heteroatoms. The quantitative estimate of drug-likeness (QED) is 0.495. The smallest absolute Gasteiger partial charge is 0.341 e. The summed E-state index contributed by atoms with van der Waals surface area (Å²) in [5, 5.41) is 21.7. The lowest BCUT2D eigenvalue weighted by molar-refractivity contribution is -0.385. The molecule has 0 spiro atoms. The fourth-order valence-corrected chi connectivity index (χ4v) is 2.78. The van der Waals surface area contributed by atoms with Crippen molar-refractivity contribution in [1.29, 1.82) is 0 Å². The van der Waals surface area contributed by atoms with Gasteiger partial charge in [-0.25, -0.2) is 4.79 Å². The largest absolute Gasteiger partial charge is 0.428 e. The van der Waals surface area contributed by atoms with E-state index in [9.17, 15) is 20.0 Å². The number of esters is 1. The van der Waals surface area contributed by atoms with E-state index in [0.717, 1.165) is 6.07 Å². The lowest BCUT2D eigenvalue weighted by atomic mass is 9.96. The van der Waals surface area contributed by atoms with Crippen LogP contribution in [0.2, 0.25) is 0 Å². The SMILES string of the molecule is O=C1OC(O)c2cccc3c(Br)c([N+](=O)[O-])cc1c23. The Morgan fingerprint density at radius 3 is 2.84 bits per heavy atom. The molecular weight excluding hydrogens is 318 g/mol. The van der Waals surface area contributed by atoms with Crippen LogP contribution in [0.3, 0.4) is 0 Å². The fraction of sp³-hybridized carbons (Fsp3) is 0.0833. The van der Waals surface area contributed by atoms with Crippen molar-refractivity contribution in [3.05, 3.63) is 50.0 Å². The molecule has 1 N–H and O–H groups in total. The second kappa shape index (κ2) is 4.01. The second-order valence-corrected chi connectivity index (χ2v) is 4.83. The van der Waals surface area contributed by atoms with E-state index in [-0.39, 0.29) is 15.7 Å². The highest BCUT2D eigenvalue weighted by molar-refractivity contribution is 9.10. The summed E-state index contributed by atoms with van der Waals surface area (Å²) >= 11 is 3.17. The Bertz CT molecular complexity index is 742. The first-order valence-electron chi connectivity index (χ1n) is 5.29. The van der Waals surface area contributed by atoms with Gasteiger partial charge in [-0.3, -0.25) is 10.1 Å². The van der Waals surface area contributed by atoms with Gasteiger partial charge < -0.3 is 9.84 Å². The molecule has 0 saturated carbocycles. The van der Waals surface area contributed by atoms with Crippen LogP contribution >= 0.6 is 15.9 Å². The minimum atomic E-state index is -1.35. The Hall–Kier alpha value is -1.99. The van der Waals surface area contributed by atoms with E-state index in [0.29, 0.717) is 16.3 Å². The van der Waals surface area contributed by atoms with Crippen molar-refractivity contribution in [1.82, 2.24) is 0 Å². The number of carbonyl (C=O) groups excluding carboxylic acids is 1. The lowest BCUT2D eigenvalue weighted by Crippen LogP contribution is -2.18. The van der Waals surface area contributed by atoms with Gasteiger partial charge in [0.25, 0.3) is 5.69 Å². The summed E-state index contributed by atoms with van der Waals surface area (Å²) in [5.74, 6) is -0.771. The summed E-state index contributed by atoms with van der Waals surface area (Å²) in [6, 6.07) is 6.05. The summed E-state index contributed by atoms with van der Waals surface area (Å²) in [4.78, 5) is 22.2. The van der Waals surface area contributed by atoms with Crippen molar-refractivity contribution in [3.63, 3.8) is 0 Å². The van der Waals surface area contributed by atoms with Crippen LogP contribution in [0.5, 0.6) is 0 Å². The molecule has 0 radical (unpaired) electrons. The minimum Gasteiger partial charge on any atom is -0.428 e. The first-order valence-corrected chi connectivity index (χ1v) is 6.08. The summed E-state index contributed by atoms with van der Waals surface area (Å²) in [5.41, 5.74) is 0.293. The highest BCUT2D eigenvalue weighted by Gasteiger charge is 2.31. The Morgan fingerprint density at radius 1 is 1.42 bits per heavy atom. The van der Waals surface area contributed by atoms with Crippen LogP contribution in [0.4, 0.5) is 5.69 Å². The van der Waals surface area contributed by atoms with Crippen molar-refractivity contribution in [2.75, 3.05) is 0 Å². The van der Waals surface area contributed by atoms with Crippen molar-refractivity contribution in [2.45, 2.75) is 6.29 Å². The molecule has 0 aliphatic carbocycles. The zero-order chi connectivity index (χ0) is 13.7. The van der Waals surface area contributed by atoms with Crippen LogP contribution in [0.1, 0.15) is 22.2 Å². The monoisotopic (exact) mass is 323 g/mol. The maximum absolute atomic E-state index is 11.7. The van der Waals surface area contributed by atoms with Gasteiger partial charge in [-0.15, -0.1) is 0 Å². The van der Waals surface area contributed by atoms with E-state index in [1.54, 1.807) is 18.2 Å². The number of benzene rings is 2. The first-order chi connectivity index (χ1) is 9.00. The molecule has 0 amide bonds. The lowest BCUT2D eigenvalue weighted by Gasteiger charge is -2.22. The van der Waals surface area contributed by atoms with Crippen LogP contribution in [-0.2, 0) is 4.74 Å². The van der Waals surface area contributed by atoms with Crippen molar-refractivity contribution < 1.29 is 19.6 Å². The van der Waals surface area contributed by atoms with Gasteiger partial charge in [0, 0.05) is 22.4 Å². The molecule has 0 bridgehead atoms. The van der Waals surface area contributed by atoms with E-state index in [1.165, 1.54) is 0 Å². The number of nitro benzene ring substituents is 1. The predicted octanol–water partition coefficient (Wildman–Crippen LogP) is 2.67. The number of aliphatic hydroxyl groups is 1. The Balaban J connectivity index is 2.51. The molecule has 6 nitrogen and oxygen atoms in total. The number of hydrogen-bond donors (Lipinski definition) is 1. The van der Waals surface area contributed by atoms with Crippen molar-refractivity contribution >= 4 is 38.4 Å². The Morgan fingerprint density at radius 2 is 2.16 bits per heavy atom. The molecule has 1 heterocycles. The molecule has 1 aliphatic rings. The summed E-state index contributed by atoms with van der Waals surface area (Å²) in [7, 11) is 0. The van der Waals surface area contributed by atoms with Gasteiger partial charge in [0.15, 0.2) is 0 Å². The molecule has 0 fully saturated rings. The second-order valence-electron chi connectivity index (χ2n) is 4.04. The van der Waals surface area contributed by atoms with Gasteiger partial charge >= 0.3 is 5.97 Å². The van der Waals surface area contributed by atoms with Crippen LogP contribution in [0.25, 0.3) is 10.8 Å². The average Bonchev–Trinajstić information content (AvgIpc) is 2.37. The first kappa shape index (κ1) is 12.1. The van der Waals surface area contributed by atoms with Crippen LogP contribution in [0.15, 0.2) is 28.7 Å². The third kappa shape index (κ3) is 1.62. The normalized spacial score (nSPS) is 17.4. The molecular formula is C12H6BrNO5. The summed E-state index contributed by atoms with van der Waals surface area (Å²) in [6.45, 7) is 0. The number of rotatable bonds is 1. The van der Waals surface area contributed by atoms with E-state index < -0.39 is 17.2 Å². The number of carbonyl (C=O) groups is 1. The third-order valence-electron chi connectivity index (χ3n) is 3.01. The Kier molecular flexibility index (Phi) is 2.54. The van der Waals surface area contributed by atoms with Crippen LogP contribution in [-0.4, -0.2) is 16.0 Å². The molecule has 1 atom stereocenters. The zero-order valence-corrected chi connectivity index (χ0v) is 10.9. The van der Waals surface area contributed by atoms with Crippen molar-refractivity contribution in [2.24, 2.45) is 0 Å². The molecule has 2 aromatic carbocycles. The molecule has 1 unspecified atom stereocenters. The number of ether oxygens (including phenoxy) is 1. The fourth-order valence-electron chi connectivity index (χ4n) is 2.19.